The van der Waals surface area contributed by atoms with Gasteiger partial charge < -0.3 is 5.32 Å². The van der Waals surface area contributed by atoms with Crippen LogP contribution in [0.15, 0.2) is 48.7 Å². The molecule has 0 saturated heterocycles. The third-order valence-corrected chi connectivity index (χ3v) is 7.07. The second kappa shape index (κ2) is 7.92. The highest BCUT2D eigenvalue weighted by Gasteiger charge is 2.40. The molecule has 1 aromatic heterocycles. The monoisotopic (exact) mass is 459 g/mol. The van der Waals surface area contributed by atoms with Crippen LogP contribution in [-0.4, -0.2) is 21.5 Å². The Morgan fingerprint density at radius 3 is 2.43 bits per heavy atom. The molecule has 1 unspecified atom stereocenters. The van der Waals surface area contributed by atoms with Crippen molar-refractivity contribution in [1.29, 1.82) is 0 Å². The van der Waals surface area contributed by atoms with Gasteiger partial charge in [-0.25, -0.2) is 4.98 Å². The van der Waals surface area contributed by atoms with Crippen LogP contribution in [0.4, 0.5) is 0 Å². The smallest absolute Gasteiger partial charge is 0.271 e. The molecule has 1 N–H and O–H groups in total. The van der Waals surface area contributed by atoms with Gasteiger partial charge in [-0.1, -0.05) is 41.2 Å². The van der Waals surface area contributed by atoms with Crippen molar-refractivity contribution in [3.63, 3.8) is 0 Å². The molecule has 1 amide bonds. The SMILES string of the molecule is O=C(NC1C[C@@H]2CC[C@@H]1C2)c1cn(-c2ccc(Cl)cc2)c(-c2ccc(Cl)cc2Cl)n1. The molecule has 3 aromatic rings. The highest BCUT2D eigenvalue weighted by Crippen LogP contribution is 2.44. The van der Waals surface area contributed by atoms with Gasteiger partial charge in [-0.2, -0.15) is 0 Å². The number of nitrogens with one attached hydrogen (secondary N) is 1. The number of amides is 1. The van der Waals surface area contributed by atoms with Crippen LogP contribution in [0.1, 0.15) is 36.2 Å². The van der Waals surface area contributed by atoms with Crippen molar-refractivity contribution in [2.45, 2.75) is 31.7 Å². The summed E-state index contributed by atoms with van der Waals surface area (Å²) in [7, 11) is 0. The van der Waals surface area contributed by atoms with Crippen molar-refractivity contribution in [3.8, 4) is 17.1 Å². The second-order valence-electron chi connectivity index (χ2n) is 8.18. The largest absolute Gasteiger partial charge is 0.348 e. The first kappa shape index (κ1) is 19.9. The van der Waals surface area contributed by atoms with E-state index in [0.717, 1.165) is 18.0 Å². The molecule has 154 valence electrons. The zero-order valence-electron chi connectivity index (χ0n) is 16.1. The van der Waals surface area contributed by atoms with Crippen LogP contribution in [0.25, 0.3) is 17.1 Å². The summed E-state index contributed by atoms with van der Waals surface area (Å²) < 4.78 is 1.86. The van der Waals surface area contributed by atoms with Crippen molar-refractivity contribution in [2.75, 3.05) is 0 Å². The summed E-state index contributed by atoms with van der Waals surface area (Å²) >= 11 is 18.6. The minimum absolute atomic E-state index is 0.147. The second-order valence-corrected chi connectivity index (χ2v) is 9.46. The van der Waals surface area contributed by atoms with E-state index in [1.807, 2.05) is 22.8 Å². The number of fused-ring (bicyclic) bond motifs is 2. The molecule has 5 rings (SSSR count). The molecule has 0 spiro atoms. The van der Waals surface area contributed by atoms with E-state index in [-0.39, 0.29) is 11.9 Å². The number of hydrogen-bond donors (Lipinski definition) is 1. The van der Waals surface area contributed by atoms with Crippen LogP contribution in [0.3, 0.4) is 0 Å². The molecule has 7 heteroatoms. The Morgan fingerprint density at radius 2 is 1.77 bits per heavy atom. The molecule has 30 heavy (non-hydrogen) atoms. The average Bonchev–Trinajstić information content (AvgIpc) is 3.44. The zero-order valence-corrected chi connectivity index (χ0v) is 18.4. The van der Waals surface area contributed by atoms with Crippen LogP contribution in [-0.2, 0) is 0 Å². The van der Waals surface area contributed by atoms with Gasteiger partial charge in [-0.15, -0.1) is 0 Å². The molecule has 2 aliphatic carbocycles. The highest BCUT2D eigenvalue weighted by molar-refractivity contribution is 6.36. The zero-order chi connectivity index (χ0) is 20.8. The van der Waals surface area contributed by atoms with Crippen LogP contribution >= 0.6 is 34.8 Å². The maximum Gasteiger partial charge on any atom is 0.271 e. The fourth-order valence-corrected chi connectivity index (χ4v) is 5.43. The van der Waals surface area contributed by atoms with Gasteiger partial charge in [0.2, 0.25) is 0 Å². The van der Waals surface area contributed by atoms with E-state index >= 15 is 0 Å². The molecule has 0 aliphatic heterocycles. The topological polar surface area (TPSA) is 46.9 Å². The standard InChI is InChI=1S/C23H20Cl3N3O/c24-15-3-6-17(7-4-15)29-12-21(23(30)28-20-10-13-1-2-14(20)9-13)27-22(29)18-8-5-16(25)11-19(18)26/h3-8,11-14,20H,1-2,9-10H2,(H,28,30)/t13-,14-,20?/m1/s1. The van der Waals surface area contributed by atoms with Crippen molar-refractivity contribution in [3.05, 3.63) is 69.4 Å². The van der Waals surface area contributed by atoms with Crippen molar-refractivity contribution >= 4 is 40.7 Å². The predicted molar refractivity (Wildman–Crippen MR) is 121 cm³/mol. The molecule has 2 bridgehead atoms. The Morgan fingerprint density at radius 1 is 1.00 bits per heavy atom. The number of imidazole rings is 1. The highest BCUT2D eigenvalue weighted by atomic mass is 35.5. The Balaban J connectivity index is 1.52. The number of carbonyl (C=O) groups is 1. The fourth-order valence-electron chi connectivity index (χ4n) is 4.81. The Hall–Kier alpha value is -2.01. The number of benzene rings is 2. The van der Waals surface area contributed by atoms with Crippen molar-refractivity contribution in [1.82, 2.24) is 14.9 Å². The molecule has 0 radical (unpaired) electrons. The molecular formula is C23H20Cl3N3O. The van der Waals surface area contributed by atoms with Gasteiger partial charge in [-0.05, 0) is 73.6 Å². The van der Waals surface area contributed by atoms with Crippen molar-refractivity contribution < 1.29 is 4.79 Å². The van der Waals surface area contributed by atoms with Crippen LogP contribution in [0.2, 0.25) is 15.1 Å². The van der Waals surface area contributed by atoms with Gasteiger partial charge in [0.25, 0.3) is 5.91 Å². The summed E-state index contributed by atoms with van der Waals surface area (Å²) in [6, 6.07) is 12.9. The van der Waals surface area contributed by atoms with Gasteiger partial charge in [-0.3, -0.25) is 9.36 Å². The summed E-state index contributed by atoms with van der Waals surface area (Å²) in [5, 5.41) is 4.87. The Bertz CT molecular complexity index is 1110. The summed E-state index contributed by atoms with van der Waals surface area (Å²) in [5.74, 6) is 1.79. The van der Waals surface area contributed by atoms with E-state index in [1.165, 1.54) is 19.3 Å². The summed E-state index contributed by atoms with van der Waals surface area (Å²) in [4.78, 5) is 17.7. The van der Waals surface area contributed by atoms with Gasteiger partial charge in [0.15, 0.2) is 0 Å². The van der Waals surface area contributed by atoms with E-state index in [4.69, 9.17) is 34.8 Å². The Kier molecular flexibility index (Phi) is 5.26. The predicted octanol–water partition coefficient (Wildman–Crippen LogP) is 6.42. The van der Waals surface area contributed by atoms with E-state index in [9.17, 15) is 4.79 Å². The van der Waals surface area contributed by atoms with E-state index < -0.39 is 0 Å². The lowest BCUT2D eigenvalue weighted by Gasteiger charge is -2.22. The molecule has 4 nitrogen and oxygen atoms in total. The number of nitrogens with zero attached hydrogens (tertiary/aromatic N) is 2. The van der Waals surface area contributed by atoms with E-state index in [0.29, 0.717) is 38.1 Å². The number of hydrogen-bond acceptors (Lipinski definition) is 2. The lowest BCUT2D eigenvalue weighted by Crippen LogP contribution is -2.38. The normalized spacial score (nSPS) is 22.4. The minimum atomic E-state index is -0.147. The summed E-state index contributed by atoms with van der Waals surface area (Å²) in [5.41, 5.74) is 1.91. The van der Waals surface area contributed by atoms with Crippen LogP contribution < -0.4 is 5.32 Å². The lowest BCUT2D eigenvalue weighted by atomic mass is 9.95. The third kappa shape index (κ3) is 3.73. The quantitative estimate of drug-likeness (QED) is 0.488. The van der Waals surface area contributed by atoms with Crippen LogP contribution in [0.5, 0.6) is 0 Å². The average molecular weight is 461 g/mol. The molecule has 1 heterocycles. The maximum absolute atomic E-state index is 13.0. The first-order valence-electron chi connectivity index (χ1n) is 10.1. The Labute approximate surface area is 190 Å². The van der Waals surface area contributed by atoms with Gasteiger partial charge >= 0.3 is 0 Å². The third-order valence-electron chi connectivity index (χ3n) is 6.27. The first-order valence-corrected chi connectivity index (χ1v) is 11.2. The number of halogens is 3. The fraction of sp³-hybridized carbons (Fsp3) is 0.304. The van der Waals surface area contributed by atoms with E-state index in [1.54, 1.807) is 30.5 Å². The summed E-state index contributed by atoms with van der Waals surface area (Å²) in [6.45, 7) is 0. The van der Waals surface area contributed by atoms with Gasteiger partial charge in [0.1, 0.15) is 11.5 Å². The molecular weight excluding hydrogens is 441 g/mol. The van der Waals surface area contributed by atoms with Gasteiger partial charge in [0.05, 0.1) is 5.02 Å². The maximum atomic E-state index is 13.0. The first-order chi connectivity index (χ1) is 14.5. The van der Waals surface area contributed by atoms with Crippen molar-refractivity contribution in [2.24, 2.45) is 11.8 Å². The molecule has 2 saturated carbocycles. The summed E-state index contributed by atoms with van der Waals surface area (Å²) in [6.07, 6.45) is 6.56. The lowest BCUT2D eigenvalue weighted by molar-refractivity contribution is 0.0918. The molecule has 3 atom stereocenters. The molecule has 2 aliphatic rings. The van der Waals surface area contributed by atoms with Crippen LogP contribution in [0, 0.1) is 11.8 Å². The van der Waals surface area contributed by atoms with E-state index in [2.05, 4.69) is 10.3 Å². The van der Waals surface area contributed by atoms with Gasteiger partial charge in [0, 0.05) is 33.5 Å². The number of carbonyl (C=O) groups excluding carboxylic acids is 1. The molecule has 2 fully saturated rings. The minimum Gasteiger partial charge on any atom is -0.348 e. The molecule has 2 aromatic carbocycles. The number of aromatic nitrogens is 2. The number of rotatable bonds is 4.